The summed E-state index contributed by atoms with van der Waals surface area (Å²) in [7, 11) is 0. The van der Waals surface area contributed by atoms with Crippen molar-refractivity contribution in [1.29, 1.82) is 0 Å². The number of hydrogen-bond donors (Lipinski definition) is 1. The van der Waals surface area contributed by atoms with E-state index in [9.17, 15) is 9.59 Å². The Kier molecular flexibility index (Phi) is 6.15. The second kappa shape index (κ2) is 7.38. The average molecular weight is 335 g/mol. The van der Waals surface area contributed by atoms with Gasteiger partial charge in [-0.1, -0.05) is 11.6 Å². The van der Waals surface area contributed by atoms with Crippen LogP contribution in [0.2, 0.25) is 5.02 Å². The SMILES string of the molecule is CCOC(=O)CCNC(=O)c1cc(Cl)ccc1Br. The standard InChI is InChI=1S/C12H13BrClNO3/c1-2-18-11(16)5-6-15-12(17)9-7-8(14)3-4-10(9)13/h3-4,7H,2,5-6H2,1H3,(H,15,17). The van der Waals surface area contributed by atoms with E-state index in [1.54, 1.807) is 25.1 Å². The zero-order chi connectivity index (χ0) is 13.5. The molecule has 6 heteroatoms. The van der Waals surface area contributed by atoms with Crippen molar-refractivity contribution < 1.29 is 14.3 Å². The predicted octanol–water partition coefficient (Wildman–Crippen LogP) is 2.79. The van der Waals surface area contributed by atoms with Gasteiger partial charge in [-0.25, -0.2) is 0 Å². The van der Waals surface area contributed by atoms with E-state index in [1.165, 1.54) is 0 Å². The number of amides is 1. The number of benzene rings is 1. The molecule has 1 aromatic rings. The Morgan fingerprint density at radius 2 is 2.17 bits per heavy atom. The Morgan fingerprint density at radius 1 is 1.44 bits per heavy atom. The van der Waals surface area contributed by atoms with E-state index < -0.39 is 0 Å². The van der Waals surface area contributed by atoms with Gasteiger partial charge in [0.1, 0.15) is 0 Å². The normalized spacial score (nSPS) is 9.94. The van der Waals surface area contributed by atoms with Gasteiger partial charge < -0.3 is 10.1 Å². The third kappa shape index (κ3) is 4.66. The van der Waals surface area contributed by atoms with Crippen LogP contribution in [0.5, 0.6) is 0 Å². The first-order valence-corrected chi connectivity index (χ1v) is 6.60. The Morgan fingerprint density at radius 3 is 2.83 bits per heavy atom. The second-order valence-electron chi connectivity index (χ2n) is 3.44. The van der Waals surface area contributed by atoms with Crippen molar-refractivity contribution in [3.63, 3.8) is 0 Å². The summed E-state index contributed by atoms with van der Waals surface area (Å²) < 4.78 is 5.40. The number of esters is 1. The number of nitrogens with one attached hydrogen (secondary N) is 1. The van der Waals surface area contributed by atoms with Crippen molar-refractivity contribution in [3.8, 4) is 0 Å². The van der Waals surface area contributed by atoms with E-state index in [0.717, 1.165) is 0 Å². The molecule has 98 valence electrons. The van der Waals surface area contributed by atoms with Crippen LogP contribution in [0.3, 0.4) is 0 Å². The monoisotopic (exact) mass is 333 g/mol. The van der Waals surface area contributed by atoms with Crippen molar-refractivity contribution in [3.05, 3.63) is 33.3 Å². The van der Waals surface area contributed by atoms with Crippen LogP contribution in [-0.4, -0.2) is 25.0 Å². The van der Waals surface area contributed by atoms with Crippen molar-refractivity contribution in [2.45, 2.75) is 13.3 Å². The molecule has 4 nitrogen and oxygen atoms in total. The second-order valence-corrected chi connectivity index (χ2v) is 4.73. The molecular weight excluding hydrogens is 321 g/mol. The molecule has 1 N–H and O–H groups in total. The third-order valence-corrected chi connectivity index (χ3v) is 3.02. The van der Waals surface area contributed by atoms with Gasteiger partial charge in [-0.05, 0) is 41.1 Å². The number of halogens is 2. The molecule has 0 unspecified atom stereocenters. The summed E-state index contributed by atoms with van der Waals surface area (Å²) in [6.07, 6.45) is 0.151. The lowest BCUT2D eigenvalue weighted by Crippen LogP contribution is -2.26. The fourth-order valence-electron chi connectivity index (χ4n) is 1.28. The van der Waals surface area contributed by atoms with Crippen LogP contribution in [0, 0.1) is 0 Å². The zero-order valence-electron chi connectivity index (χ0n) is 9.83. The molecule has 1 amide bonds. The minimum Gasteiger partial charge on any atom is -0.466 e. The van der Waals surface area contributed by atoms with Gasteiger partial charge in [-0.2, -0.15) is 0 Å². The highest BCUT2D eigenvalue weighted by atomic mass is 79.9. The van der Waals surface area contributed by atoms with E-state index >= 15 is 0 Å². The maximum Gasteiger partial charge on any atom is 0.307 e. The minimum absolute atomic E-state index is 0.151. The van der Waals surface area contributed by atoms with Crippen molar-refractivity contribution in [1.82, 2.24) is 5.32 Å². The van der Waals surface area contributed by atoms with Gasteiger partial charge >= 0.3 is 5.97 Å². The molecule has 0 atom stereocenters. The molecule has 0 aromatic heterocycles. The summed E-state index contributed by atoms with van der Waals surface area (Å²) >= 11 is 9.08. The lowest BCUT2D eigenvalue weighted by Gasteiger charge is -2.07. The lowest BCUT2D eigenvalue weighted by atomic mass is 10.2. The number of rotatable bonds is 5. The molecule has 0 radical (unpaired) electrons. The minimum atomic E-state index is -0.331. The Balaban J connectivity index is 2.50. The van der Waals surface area contributed by atoms with Gasteiger partial charge in [0.05, 0.1) is 18.6 Å². The molecule has 18 heavy (non-hydrogen) atoms. The lowest BCUT2D eigenvalue weighted by molar-refractivity contribution is -0.142. The molecule has 1 aromatic carbocycles. The Bertz CT molecular complexity index is 451. The van der Waals surface area contributed by atoms with Crippen molar-refractivity contribution in [2.24, 2.45) is 0 Å². The highest BCUT2D eigenvalue weighted by molar-refractivity contribution is 9.10. The summed E-state index contributed by atoms with van der Waals surface area (Å²) in [6.45, 7) is 2.31. The number of carbonyl (C=O) groups excluding carboxylic acids is 2. The van der Waals surface area contributed by atoms with Crippen LogP contribution in [0.1, 0.15) is 23.7 Å². The molecule has 0 aliphatic rings. The van der Waals surface area contributed by atoms with E-state index in [-0.39, 0.29) is 24.8 Å². The fraction of sp³-hybridized carbons (Fsp3) is 0.333. The van der Waals surface area contributed by atoms with Crippen LogP contribution in [0.15, 0.2) is 22.7 Å². The fourth-order valence-corrected chi connectivity index (χ4v) is 1.88. The van der Waals surface area contributed by atoms with Gasteiger partial charge in [0.2, 0.25) is 0 Å². The van der Waals surface area contributed by atoms with Gasteiger partial charge in [-0.3, -0.25) is 9.59 Å². The molecule has 0 saturated heterocycles. The van der Waals surface area contributed by atoms with Crippen LogP contribution in [0.25, 0.3) is 0 Å². The summed E-state index contributed by atoms with van der Waals surface area (Å²) in [5, 5.41) is 3.11. The van der Waals surface area contributed by atoms with E-state index in [1.807, 2.05) is 0 Å². The topological polar surface area (TPSA) is 55.4 Å². The van der Waals surface area contributed by atoms with E-state index in [4.69, 9.17) is 16.3 Å². The Labute approximate surface area is 119 Å². The van der Waals surface area contributed by atoms with E-state index in [2.05, 4.69) is 21.2 Å². The average Bonchev–Trinajstić information content (AvgIpc) is 2.32. The highest BCUT2D eigenvalue weighted by Crippen LogP contribution is 2.20. The zero-order valence-corrected chi connectivity index (χ0v) is 12.2. The van der Waals surface area contributed by atoms with Gasteiger partial charge in [-0.15, -0.1) is 0 Å². The van der Waals surface area contributed by atoms with Gasteiger partial charge in [0, 0.05) is 16.0 Å². The van der Waals surface area contributed by atoms with Crippen LogP contribution >= 0.6 is 27.5 Å². The van der Waals surface area contributed by atoms with E-state index in [0.29, 0.717) is 21.7 Å². The Hall–Kier alpha value is -1.07. The van der Waals surface area contributed by atoms with Crippen LogP contribution in [0.4, 0.5) is 0 Å². The molecular formula is C12H13BrClNO3. The maximum absolute atomic E-state index is 11.8. The smallest absolute Gasteiger partial charge is 0.307 e. The first-order chi connectivity index (χ1) is 8.54. The molecule has 0 aliphatic carbocycles. The van der Waals surface area contributed by atoms with Crippen LogP contribution in [-0.2, 0) is 9.53 Å². The number of carbonyl (C=O) groups is 2. The first kappa shape index (κ1) is 15.0. The molecule has 0 bridgehead atoms. The third-order valence-electron chi connectivity index (χ3n) is 2.09. The summed E-state index contributed by atoms with van der Waals surface area (Å²) in [6, 6.07) is 4.94. The first-order valence-electron chi connectivity index (χ1n) is 5.43. The van der Waals surface area contributed by atoms with Crippen LogP contribution < -0.4 is 5.32 Å². The highest BCUT2D eigenvalue weighted by Gasteiger charge is 2.11. The molecule has 0 aliphatic heterocycles. The summed E-state index contributed by atoms with van der Waals surface area (Å²) in [5.41, 5.74) is 0.436. The quantitative estimate of drug-likeness (QED) is 0.842. The summed E-state index contributed by atoms with van der Waals surface area (Å²) in [5.74, 6) is -0.614. The van der Waals surface area contributed by atoms with Gasteiger partial charge in [0.15, 0.2) is 0 Å². The molecule has 0 spiro atoms. The van der Waals surface area contributed by atoms with Crippen molar-refractivity contribution >= 4 is 39.4 Å². The molecule has 1 rings (SSSR count). The molecule has 0 saturated carbocycles. The van der Waals surface area contributed by atoms with Crippen molar-refractivity contribution in [2.75, 3.05) is 13.2 Å². The predicted molar refractivity (Wildman–Crippen MR) is 72.7 cm³/mol. The maximum atomic E-state index is 11.8. The molecule has 0 fully saturated rings. The van der Waals surface area contributed by atoms with Gasteiger partial charge in [0.25, 0.3) is 5.91 Å². The molecule has 0 heterocycles. The number of ether oxygens (including phenoxy) is 1. The number of hydrogen-bond acceptors (Lipinski definition) is 3. The summed E-state index contributed by atoms with van der Waals surface area (Å²) in [4.78, 5) is 22.9. The largest absolute Gasteiger partial charge is 0.466 e.